The third kappa shape index (κ3) is 2.46. The number of benzene rings is 1. The van der Waals surface area contributed by atoms with Crippen LogP contribution in [0.4, 0.5) is 0 Å². The fourth-order valence-corrected chi connectivity index (χ4v) is 2.64. The summed E-state index contributed by atoms with van der Waals surface area (Å²) in [7, 11) is 3.49. The van der Waals surface area contributed by atoms with E-state index in [0.29, 0.717) is 11.8 Å². The molecule has 0 amide bonds. The zero-order valence-electron chi connectivity index (χ0n) is 11.7. The van der Waals surface area contributed by atoms with E-state index in [0.717, 1.165) is 24.6 Å². The molecule has 1 heterocycles. The van der Waals surface area contributed by atoms with Gasteiger partial charge in [0.2, 0.25) is 0 Å². The number of methoxy groups -OCH3 is 2. The van der Waals surface area contributed by atoms with E-state index in [-0.39, 0.29) is 0 Å². The molecule has 1 aromatic rings. The van der Waals surface area contributed by atoms with Crippen molar-refractivity contribution in [1.29, 1.82) is 0 Å². The predicted octanol–water partition coefficient (Wildman–Crippen LogP) is 2.90. The predicted molar refractivity (Wildman–Crippen MR) is 73.9 cm³/mol. The number of ether oxygens (including phenoxy) is 2. The highest BCUT2D eigenvalue weighted by Crippen LogP contribution is 2.38. The van der Waals surface area contributed by atoms with Gasteiger partial charge in [-0.2, -0.15) is 0 Å². The molecule has 1 saturated heterocycles. The van der Waals surface area contributed by atoms with E-state index in [1.165, 1.54) is 17.5 Å². The van der Waals surface area contributed by atoms with Gasteiger partial charge in [-0.3, -0.25) is 0 Å². The van der Waals surface area contributed by atoms with Crippen molar-refractivity contribution in [2.24, 2.45) is 0 Å². The molecule has 0 aliphatic carbocycles. The first-order valence-electron chi connectivity index (χ1n) is 6.64. The maximum absolute atomic E-state index is 5.56. The molecule has 1 aliphatic heterocycles. The molecule has 18 heavy (non-hydrogen) atoms. The van der Waals surface area contributed by atoms with E-state index in [1.807, 2.05) is 0 Å². The zero-order chi connectivity index (χ0) is 13.1. The van der Waals surface area contributed by atoms with E-state index in [1.54, 1.807) is 14.2 Å². The summed E-state index contributed by atoms with van der Waals surface area (Å²) in [6.45, 7) is 6.46. The van der Waals surface area contributed by atoms with Crippen LogP contribution in [0, 0.1) is 0 Å². The monoisotopic (exact) mass is 249 g/mol. The molecule has 1 fully saturated rings. The van der Waals surface area contributed by atoms with Crippen LogP contribution in [0.3, 0.4) is 0 Å². The Kier molecular flexibility index (Phi) is 4.12. The molecule has 0 aromatic heterocycles. The Hall–Kier alpha value is -1.22. The number of hydrogen-bond acceptors (Lipinski definition) is 3. The molecule has 1 aliphatic rings. The van der Waals surface area contributed by atoms with Crippen LogP contribution in [0.25, 0.3) is 0 Å². The maximum Gasteiger partial charge on any atom is 0.122 e. The Labute approximate surface area is 109 Å². The summed E-state index contributed by atoms with van der Waals surface area (Å²) < 4.78 is 11.1. The van der Waals surface area contributed by atoms with Gasteiger partial charge in [0, 0.05) is 23.6 Å². The van der Waals surface area contributed by atoms with Crippen molar-refractivity contribution < 1.29 is 9.47 Å². The Morgan fingerprint density at radius 1 is 1.17 bits per heavy atom. The average molecular weight is 249 g/mol. The maximum atomic E-state index is 5.56. The van der Waals surface area contributed by atoms with Gasteiger partial charge in [-0.15, -0.1) is 0 Å². The van der Waals surface area contributed by atoms with Crippen LogP contribution >= 0.6 is 0 Å². The van der Waals surface area contributed by atoms with Gasteiger partial charge in [0.05, 0.1) is 14.2 Å². The van der Waals surface area contributed by atoms with Crippen molar-refractivity contribution in [2.45, 2.75) is 32.1 Å². The van der Waals surface area contributed by atoms with Crippen LogP contribution in [0.2, 0.25) is 0 Å². The van der Waals surface area contributed by atoms with E-state index in [4.69, 9.17) is 9.47 Å². The summed E-state index contributed by atoms with van der Waals surface area (Å²) >= 11 is 0. The highest BCUT2D eigenvalue weighted by Gasteiger charge is 2.23. The topological polar surface area (TPSA) is 30.5 Å². The summed E-state index contributed by atoms with van der Waals surface area (Å²) in [6, 6.07) is 4.29. The Bertz CT molecular complexity index is 409. The smallest absolute Gasteiger partial charge is 0.122 e. The lowest BCUT2D eigenvalue weighted by Gasteiger charge is -2.19. The average Bonchev–Trinajstić information content (AvgIpc) is 2.90. The summed E-state index contributed by atoms with van der Waals surface area (Å²) in [5.74, 6) is 2.94. The molecule has 2 rings (SSSR count). The van der Waals surface area contributed by atoms with Gasteiger partial charge >= 0.3 is 0 Å². The Morgan fingerprint density at radius 3 is 2.39 bits per heavy atom. The molecule has 1 N–H and O–H groups in total. The standard InChI is InChI=1S/C15H23NO2/c1-10(2)12-7-15(18-4)13(8-14(12)17-3)11-5-6-16-9-11/h7-8,10-11,16H,5-6,9H2,1-4H3. The molecule has 100 valence electrons. The first-order valence-corrected chi connectivity index (χ1v) is 6.64. The largest absolute Gasteiger partial charge is 0.496 e. The highest BCUT2D eigenvalue weighted by molar-refractivity contribution is 5.49. The lowest BCUT2D eigenvalue weighted by Crippen LogP contribution is -2.09. The minimum Gasteiger partial charge on any atom is -0.496 e. The molecule has 3 nitrogen and oxygen atoms in total. The first-order chi connectivity index (χ1) is 8.67. The zero-order valence-corrected chi connectivity index (χ0v) is 11.7. The van der Waals surface area contributed by atoms with Crippen LogP contribution in [0.1, 0.15) is 43.2 Å². The van der Waals surface area contributed by atoms with Crippen LogP contribution in [-0.2, 0) is 0 Å². The molecule has 3 heteroatoms. The summed E-state index contributed by atoms with van der Waals surface area (Å²) in [4.78, 5) is 0. The van der Waals surface area contributed by atoms with Crippen LogP contribution in [-0.4, -0.2) is 27.3 Å². The van der Waals surface area contributed by atoms with Crippen molar-refractivity contribution in [2.75, 3.05) is 27.3 Å². The summed E-state index contributed by atoms with van der Waals surface area (Å²) in [5, 5.41) is 3.40. The lowest BCUT2D eigenvalue weighted by molar-refractivity contribution is 0.390. The van der Waals surface area contributed by atoms with E-state index >= 15 is 0 Å². The van der Waals surface area contributed by atoms with Crippen molar-refractivity contribution in [3.05, 3.63) is 23.3 Å². The van der Waals surface area contributed by atoms with Gasteiger partial charge in [0.1, 0.15) is 11.5 Å². The molecule has 0 bridgehead atoms. The second-order valence-electron chi connectivity index (χ2n) is 5.18. The summed E-state index contributed by atoms with van der Waals surface area (Å²) in [6.07, 6.45) is 1.17. The molecule has 1 atom stereocenters. The molecule has 1 aromatic carbocycles. The van der Waals surface area contributed by atoms with Crippen LogP contribution < -0.4 is 14.8 Å². The Balaban J connectivity index is 2.45. The molecular formula is C15H23NO2. The van der Waals surface area contributed by atoms with Crippen molar-refractivity contribution in [3.8, 4) is 11.5 Å². The second kappa shape index (κ2) is 5.61. The minimum atomic E-state index is 0.435. The highest BCUT2D eigenvalue weighted by atomic mass is 16.5. The quantitative estimate of drug-likeness (QED) is 0.890. The van der Waals surface area contributed by atoms with Gasteiger partial charge in [-0.05, 0) is 31.0 Å². The molecule has 0 radical (unpaired) electrons. The molecule has 1 unspecified atom stereocenters. The molecule has 0 saturated carbocycles. The Morgan fingerprint density at radius 2 is 1.89 bits per heavy atom. The van der Waals surface area contributed by atoms with Gasteiger partial charge in [0.15, 0.2) is 0 Å². The van der Waals surface area contributed by atoms with Gasteiger partial charge in [-0.1, -0.05) is 13.8 Å². The first kappa shape index (κ1) is 13.2. The van der Waals surface area contributed by atoms with E-state index < -0.39 is 0 Å². The number of hydrogen-bond donors (Lipinski definition) is 1. The van der Waals surface area contributed by atoms with Crippen molar-refractivity contribution in [3.63, 3.8) is 0 Å². The second-order valence-corrected chi connectivity index (χ2v) is 5.18. The van der Waals surface area contributed by atoms with E-state index in [9.17, 15) is 0 Å². The molecule has 0 spiro atoms. The normalized spacial score (nSPS) is 19.3. The number of rotatable bonds is 4. The molecular weight excluding hydrogens is 226 g/mol. The summed E-state index contributed by atoms with van der Waals surface area (Å²) in [5.41, 5.74) is 2.48. The van der Waals surface area contributed by atoms with Crippen LogP contribution in [0.15, 0.2) is 12.1 Å². The third-order valence-corrected chi connectivity index (χ3v) is 3.70. The minimum absolute atomic E-state index is 0.435. The number of nitrogens with one attached hydrogen (secondary N) is 1. The van der Waals surface area contributed by atoms with E-state index in [2.05, 4.69) is 31.3 Å². The van der Waals surface area contributed by atoms with Gasteiger partial charge < -0.3 is 14.8 Å². The van der Waals surface area contributed by atoms with Gasteiger partial charge in [0.25, 0.3) is 0 Å². The fourth-order valence-electron chi connectivity index (χ4n) is 2.64. The van der Waals surface area contributed by atoms with Gasteiger partial charge in [-0.25, -0.2) is 0 Å². The van der Waals surface area contributed by atoms with Crippen molar-refractivity contribution >= 4 is 0 Å². The van der Waals surface area contributed by atoms with Crippen molar-refractivity contribution in [1.82, 2.24) is 5.32 Å². The SMILES string of the molecule is COc1cc(C2CCNC2)c(OC)cc1C(C)C. The third-order valence-electron chi connectivity index (χ3n) is 3.70. The lowest BCUT2D eigenvalue weighted by atomic mass is 9.92. The fraction of sp³-hybridized carbons (Fsp3) is 0.600. The van der Waals surface area contributed by atoms with Crippen LogP contribution in [0.5, 0.6) is 11.5 Å².